The fourth-order valence-corrected chi connectivity index (χ4v) is 0. The molecular weight excluding hydrogens is 215 g/mol. The van der Waals surface area contributed by atoms with Gasteiger partial charge in [0.2, 0.25) is 0 Å². The molecule has 0 amide bonds. The van der Waals surface area contributed by atoms with Crippen molar-refractivity contribution in [1.82, 2.24) is 6.15 Å². The van der Waals surface area contributed by atoms with Crippen LogP contribution in [0.4, 0.5) is 0 Å². The molecule has 0 radical (unpaired) electrons. The second kappa shape index (κ2) is 16.5. The second-order valence-electron chi connectivity index (χ2n) is 1.05. The molecule has 0 atom stereocenters. The van der Waals surface area contributed by atoms with Crippen LogP contribution in [0.2, 0.25) is 0 Å². The van der Waals surface area contributed by atoms with Crippen LogP contribution in [0.15, 0.2) is 25.3 Å². The molecule has 5 nitrogen and oxygen atoms in total. The fourth-order valence-electron chi connectivity index (χ4n) is 0. The van der Waals surface area contributed by atoms with Crippen molar-refractivity contribution in [2.75, 3.05) is 0 Å². The van der Waals surface area contributed by atoms with E-state index in [1.54, 1.807) is 0 Å². The minimum atomic E-state index is -1.23. The standard InChI is InChI=1S/2C3H4O2.H3N.Zn/c2*1-2-3(4)5;;/h2*2H,1H2,(H,4,5);1H3;/q;;;+2/p-2. The Morgan fingerprint density at radius 1 is 1.00 bits per heavy atom. The number of carboxylic acid groups (broad SMARTS) is 2. The van der Waals surface area contributed by atoms with Gasteiger partial charge in [-0.1, -0.05) is 13.2 Å². The first-order valence-electron chi connectivity index (χ1n) is 2.21. The maximum Gasteiger partial charge on any atom is 2.00 e. The molecule has 0 aliphatic heterocycles. The zero-order chi connectivity index (χ0) is 8.57. The van der Waals surface area contributed by atoms with Crippen molar-refractivity contribution in [2.45, 2.75) is 0 Å². The van der Waals surface area contributed by atoms with Crippen molar-refractivity contribution in [3.63, 3.8) is 0 Å². The Morgan fingerprint density at radius 3 is 1.08 bits per heavy atom. The summed E-state index contributed by atoms with van der Waals surface area (Å²) in [7, 11) is 0. The smallest absolute Gasteiger partial charge is 0.545 e. The van der Waals surface area contributed by atoms with Crippen LogP contribution in [0.25, 0.3) is 0 Å². The summed E-state index contributed by atoms with van der Waals surface area (Å²) in [5.74, 6) is -2.46. The molecule has 0 unspecified atom stereocenters. The maximum atomic E-state index is 9.14. The topological polar surface area (TPSA) is 115 Å². The van der Waals surface area contributed by atoms with Crippen molar-refractivity contribution in [1.29, 1.82) is 0 Å². The van der Waals surface area contributed by atoms with Gasteiger partial charge in [-0.15, -0.1) is 0 Å². The van der Waals surface area contributed by atoms with Crippen molar-refractivity contribution < 1.29 is 39.3 Å². The van der Waals surface area contributed by atoms with E-state index < -0.39 is 11.9 Å². The van der Waals surface area contributed by atoms with Gasteiger partial charge in [0.05, 0.1) is 11.9 Å². The zero-order valence-electron chi connectivity index (χ0n) is 6.62. The predicted molar refractivity (Wildman–Crippen MR) is 35.4 cm³/mol. The number of carboxylic acids is 2. The third-order valence-corrected chi connectivity index (χ3v) is 0.333. The largest absolute Gasteiger partial charge is 2.00 e. The molecule has 0 spiro atoms. The van der Waals surface area contributed by atoms with Gasteiger partial charge in [-0.3, -0.25) is 0 Å². The Labute approximate surface area is 83.1 Å². The van der Waals surface area contributed by atoms with Crippen molar-refractivity contribution in [3.05, 3.63) is 25.3 Å². The number of rotatable bonds is 2. The Balaban J connectivity index is -0.0000000457. The quantitative estimate of drug-likeness (QED) is 0.430. The molecule has 0 saturated heterocycles. The summed E-state index contributed by atoms with van der Waals surface area (Å²) in [5.41, 5.74) is 0. The Bertz CT molecular complexity index is 140. The van der Waals surface area contributed by atoms with E-state index in [0.717, 1.165) is 12.2 Å². The predicted octanol–water partition coefficient (Wildman–Crippen LogP) is -2.00. The first-order chi connectivity index (χ1) is 4.54. The summed E-state index contributed by atoms with van der Waals surface area (Å²) in [6.45, 7) is 5.80. The Hall–Kier alpha value is -0.997. The van der Waals surface area contributed by atoms with Crippen LogP contribution < -0.4 is 16.4 Å². The van der Waals surface area contributed by atoms with E-state index in [9.17, 15) is 0 Å². The molecule has 0 rings (SSSR count). The van der Waals surface area contributed by atoms with E-state index in [0.29, 0.717) is 0 Å². The van der Waals surface area contributed by atoms with Crippen LogP contribution >= 0.6 is 0 Å². The SMILES string of the molecule is C=CC(=O)[O-].C=CC(=O)[O-].N.[Zn+2]. The van der Waals surface area contributed by atoms with Crippen molar-refractivity contribution in [2.24, 2.45) is 0 Å². The van der Waals surface area contributed by atoms with Crippen LogP contribution in [0.1, 0.15) is 0 Å². The van der Waals surface area contributed by atoms with Gasteiger partial charge in [0.1, 0.15) is 0 Å². The average molecular weight is 225 g/mol. The Kier molecular flexibility index (Phi) is 30.9. The molecule has 0 aromatic carbocycles. The van der Waals surface area contributed by atoms with Crippen molar-refractivity contribution >= 4 is 11.9 Å². The number of carbonyl (C=O) groups excluding carboxylic acids is 2. The Morgan fingerprint density at radius 2 is 1.08 bits per heavy atom. The maximum absolute atomic E-state index is 9.14. The number of hydrogen-bond donors (Lipinski definition) is 1. The van der Waals surface area contributed by atoms with Gasteiger partial charge in [-0.25, -0.2) is 0 Å². The second-order valence-corrected chi connectivity index (χ2v) is 1.05. The van der Waals surface area contributed by atoms with E-state index in [-0.39, 0.29) is 25.6 Å². The van der Waals surface area contributed by atoms with Gasteiger partial charge in [0.25, 0.3) is 0 Å². The molecule has 0 heterocycles. The molecule has 64 valence electrons. The van der Waals surface area contributed by atoms with Crippen LogP contribution in [-0.4, -0.2) is 11.9 Å². The zero-order valence-corrected chi connectivity index (χ0v) is 9.58. The fraction of sp³-hybridized carbons (Fsp3) is 0. The van der Waals surface area contributed by atoms with Gasteiger partial charge < -0.3 is 26.0 Å². The summed E-state index contributed by atoms with van der Waals surface area (Å²) < 4.78 is 0. The molecule has 0 aromatic rings. The van der Waals surface area contributed by atoms with E-state index in [2.05, 4.69) is 13.2 Å². The van der Waals surface area contributed by atoms with Gasteiger partial charge in [-0.05, 0) is 12.2 Å². The van der Waals surface area contributed by atoms with Gasteiger partial charge >= 0.3 is 19.5 Å². The molecule has 0 saturated carbocycles. The summed E-state index contributed by atoms with van der Waals surface area (Å²) >= 11 is 0. The van der Waals surface area contributed by atoms with Crippen LogP contribution in [0, 0.1) is 0 Å². The monoisotopic (exact) mass is 223 g/mol. The summed E-state index contributed by atoms with van der Waals surface area (Å²) in [4.78, 5) is 18.3. The molecule has 3 N–H and O–H groups in total. The minimum Gasteiger partial charge on any atom is -0.545 e. The average Bonchev–Trinajstić information content (AvgIpc) is 1.89. The first-order valence-corrected chi connectivity index (χ1v) is 2.21. The molecule has 0 fully saturated rings. The summed E-state index contributed by atoms with van der Waals surface area (Å²) in [6.07, 6.45) is 1.44. The number of aliphatic carboxylic acids is 2. The van der Waals surface area contributed by atoms with Gasteiger partial charge in [-0.2, -0.15) is 0 Å². The molecule has 6 heteroatoms. The molecular formula is C6H9NO4Zn. The van der Waals surface area contributed by atoms with E-state index >= 15 is 0 Å². The van der Waals surface area contributed by atoms with E-state index in [1.165, 1.54) is 0 Å². The van der Waals surface area contributed by atoms with E-state index in [4.69, 9.17) is 19.8 Å². The van der Waals surface area contributed by atoms with Crippen molar-refractivity contribution in [3.8, 4) is 0 Å². The van der Waals surface area contributed by atoms with Crippen LogP contribution in [0.5, 0.6) is 0 Å². The molecule has 0 aliphatic carbocycles. The van der Waals surface area contributed by atoms with Gasteiger partial charge in [0, 0.05) is 0 Å². The van der Waals surface area contributed by atoms with Crippen LogP contribution in [-0.2, 0) is 29.1 Å². The van der Waals surface area contributed by atoms with Crippen LogP contribution in [0.3, 0.4) is 0 Å². The molecule has 0 aromatic heterocycles. The molecule has 0 aliphatic rings. The summed E-state index contributed by atoms with van der Waals surface area (Å²) in [6, 6.07) is 0. The number of carbonyl (C=O) groups is 2. The number of hydrogen-bond acceptors (Lipinski definition) is 5. The normalized spacial score (nSPS) is 5.33. The summed E-state index contributed by atoms with van der Waals surface area (Å²) in [5, 5.41) is 18.3. The van der Waals surface area contributed by atoms with E-state index in [1.807, 2.05) is 0 Å². The van der Waals surface area contributed by atoms with Gasteiger partial charge in [0.15, 0.2) is 0 Å². The molecule has 0 bridgehead atoms. The minimum absolute atomic E-state index is 0. The molecule has 12 heavy (non-hydrogen) atoms. The third kappa shape index (κ3) is 63.9. The first kappa shape index (κ1) is 22.4. The third-order valence-electron chi connectivity index (χ3n) is 0.333.